The van der Waals surface area contributed by atoms with E-state index in [2.05, 4.69) is 5.32 Å². The second-order valence-corrected chi connectivity index (χ2v) is 5.89. The summed E-state index contributed by atoms with van der Waals surface area (Å²) in [6.07, 6.45) is 2.24. The quantitative estimate of drug-likeness (QED) is 0.546. The Morgan fingerprint density at radius 1 is 1.26 bits per heavy atom. The van der Waals surface area contributed by atoms with Crippen LogP contribution in [0.5, 0.6) is 5.75 Å². The zero-order valence-electron chi connectivity index (χ0n) is 13.6. The topological polar surface area (TPSA) is 78.8 Å². The third-order valence-corrected chi connectivity index (χ3v) is 3.69. The molecule has 5 nitrogen and oxygen atoms in total. The molecule has 130 valence electrons. The molecule has 1 rings (SSSR count). The predicted molar refractivity (Wildman–Crippen MR) is 86.7 cm³/mol. The number of ether oxygens (including phenoxy) is 1. The summed E-state index contributed by atoms with van der Waals surface area (Å²) in [6.45, 7) is 1.72. The van der Waals surface area contributed by atoms with Crippen LogP contribution in [0, 0.1) is 0 Å². The average molecular weight is 327 g/mol. The molecule has 0 radical (unpaired) electrons. The molecule has 1 amide bonds. The van der Waals surface area contributed by atoms with Crippen LogP contribution in [-0.2, 0) is 6.42 Å². The van der Waals surface area contributed by atoms with Crippen LogP contribution in [0.1, 0.15) is 38.2 Å². The maximum atomic E-state index is 11.9. The predicted octanol–water partition coefficient (Wildman–Crippen LogP) is 3.16. The van der Waals surface area contributed by atoms with Crippen molar-refractivity contribution in [3.05, 3.63) is 29.8 Å². The van der Waals surface area contributed by atoms with Crippen molar-refractivity contribution >= 4 is 6.09 Å². The first kappa shape index (κ1) is 19.2. The van der Waals surface area contributed by atoms with Crippen LogP contribution in [0.15, 0.2) is 24.3 Å². The lowest BCUT2D eigenvalue weighted by molar-refractivity contribution is 0.141. The van der Waals surface area contributed by atoms with E-state index in [1.807, 2.05) is 24.3 Å². The summed E-state index contributed by atoms with van der Waals surface area (Å²) < 4.78 is 17.5. The van der Waals surface area contributed by atoms with E-state index in [0.717, 1.165) is 24.2 Å². The van der Waals surface area contributed by atoms with Gasteiger partial charge in [0.1, 0.15) is 5.75 Å². The van der Waals surface area contributed by atoms with Crippen LogP contribution in [-0.4, -0.2) is 41.7 Å². The van der Waals surface area contributed by atoms with E-state index >= 15 is 0 Å². The first-order valence-corrected chi connectivity index (χ1v) is 7.89. The van der Waals surface area contributed by atoms with Gasteiger partial charge in [-0.1, -0.05) is 12.1 Å². The number of hydrogen-bond donors (Lipinski definition) is 3. The molecule has 0 fully saturated rings. The van der Waals surface area contributed by atoms with Gasteiger partial charge in [0.15, 0.2) is 0 Å². The number of rotatable bonds is 11. The van der Waals surface area contributed by atoms with Gasteiger partial charge in [0, 0.05) is 0 Å². The van der Waals surface area contributed by atoms with Crippen molar-refractivity contribution in [3.8, 4) is 5.75 Å². The molecule has 3 N–H and O–H groups in total. The lowest BCUT2D eigenvalue weighted by atomic mass is 9.94. The zero-order valence-corrected chi connectivity index (χ0v) is 13.6. The van der Waals surface area contributed by atoms with Gasteiger partial charge in [-0.2, -0.15) is 0 Å². The van der Waals surface area contributed by atoms with Crippen molar-refractivity contribution in [2.45, 2.75) is 44.6 Å². The highest BCUT2D eigenvalue weighted by molar-refractivity contribution is 5.65. The Labute approximate surface area is 136 Å². The van der Waals surface area contributed by atoms with E-state index in [1.165, 1.54) is 0 Å². The van der Waals surface area contributed by atoms with Gasteiger partial charge >= 0.3 is 6.09 Å². The van der Waals surface area contributed by atoms with Crippen LogP contribution >= 0.6 is 0 Å². The monoisotopic (exact) mass is 327 g/mol. The molecule has 0 saturated carbocycles. The number of carboxylic acid groups (broad SMARTS) is 1. The van der Waals surface area contributed by atoms with Gasteiger partial charge in [0.25, 0.3) is 0 Å². The van der Waals surface area contributed by atoms with Gasteiger partial charge in [0.2, 0.25) is 0 Å². The van der Waals surface area contributed by atoms with Crippen molar-refractivity contribution < 1.29 is 24.1 Å². The number of aliphatic hydroxyl groups is 1. The second kappa shape index (κ2) is 10.0. The molecule has 1 atom stereocenters. The molecular formula is C17H26FNO4. The van der Waals surface area contributed by atoms with Crippen LogP contribution in [0.25, 0.3) is 0 Å². The number of aryl methyl sites for hydroxylation is 1. The molecule has 23 heavy (non-hydrogen) atoms. The number of carbonyl (C=O) groups is 1. The molecule has 1 aromatic carbocycles. The van der Waals surface area contributed by atoms with Gasteiger partial charge in [-0.05, 0) is 56.7 Å². The lowest BCUT2D eigenvalue weighted by Gasteiger charge is -2.27. The number of amides is 1. The summed E-state index contributed by atoms with van der Waals surface area (Å²) in [6, 6.07) is 7.59. The summed E-state index contributed by atoms with van der Waals surface area (Å²) in [5.41, 5.74) is 0.193. The molecule has 0 aliphatic heterocycles. The smallest absolute Gasteiger partial charge is 0.405 e. The Morgan fingerprint density at radius 3 is 2.52 bits per heavy atom. The molecule has 1 unspecified atom stereocenters. The van der Waals surface area contributed by atoms with E-state index < -0.39 is 11.6 Å². The first-order valence-electron chi connectivity index (χ1n) is 7.89. The van der Waals surface area contributed by atoms with E-state index in [4.69, 9.17) is 9.84 Å². The Morgan fingerprint density at radius 2 is 1.96 bits per heavy atom. The molecule has 0 aliphatic carbocycles. The lowest BCUT2D eigenvalue weighted by Crippen LogP contribution is -2.48. The molecular weight excluding hydrogens is 301 g/mol. The molecule has 6 heteroatoms. The highest BCUT2D eigenvalue weighted by Crippen LogP contribution is 2.17. The molecule has 0 bridgehead atoms. The van der Waals surface area contributed by atoms with E-state index in [1.54, 1.807) is 6.92 Å². The summed E-state index contributed by atoms with van der Waals surface area (Å²) in [7, 11) is 0. The fraction of sp³-hybridized carbons (Fsp3) is 0.588. The van der Waals surface area contributed by atoms with Crippen molar-refractivity contribution in [3.63, 3.8) is 0 Å². The highest BCUT2D eigenvalue weighted by Gasteiger charge is 2.24. The fourth-order valence-electron chi connectivity index (χ4n) is 2.18. The largest absolute Gasteiger partial charge is 0.494 e. The van der Waals surface area contributed by atoms with Crippen molar-refractivity contribution in [2.24, 2.45) is 0 Å². The summed E-state index contributed by atoms with van der Waals surface area (Å²) in [5.74, 6) is 0.766. The second-order valence-electron chi connectivity index (χ2n) is 5.89. The number of aliphatic hydroxyl groups excluding tert-OH is 1. The van der Waals surface area contributed by atoms with E-state index in [0.29, 0.717) is 25.9 Å². The minimum Gasteiger partial charge on any atom is -0.494 e. The van der Waals surface area contributed by atoms with E-state index in [-0.39, 0.29) is 13.3 Å². The molecule has 0 spiro atoms. The first-order chi connectivity index (χ1) is 11.0. The SMILES string of the molecule is CC(CO)(CCc1ccc(OCCCCCF)cc1)NC(=O)O. The van der Waals surface area contributed by atoms with Gasteiger partial charge in [-0.25, -0.2) is 4.79 Å². The summed E-state index contributed by atoms with van der Waals surface area (Å²) in [5, 5.41) is 20.5. The number of unbranched alkanes of at least 4 members (excludes halogenated alkanes) is 2. The Balaban J connectivity index is 2.40. The summed E-state index contributed by atoms with van der Waals surface area (Å²) >= 11 is 0. The minimum atomic E-state index is -1.14. The third kappa shape index (κ3) is 7.83. The van der Waals surface area contributed by atoms with Crippen molar-refractivity contribution in [1.29, 1.82) is 0 Å². The van der Waals surface area contributed by atoms with Crippen LogP contribution in [0.3, 0.4) is 0 Å². The van der Waals surface area contributed by atoms with Gasteiger partial charge < -0.3 is 20.3 Å². The molecule has 0 heterocycles. The molecule has 0 saturated heterocycles. The number of alkyl halides is 1. The molecule has 1 aromatic rings. The fourth-order valence-corrected chi connectivity index (χ4v) is 2.18. The van der Waals surface area contributed by atoms with Gasteiger partial charge in [0.05, 0.1) is 25.4 Å². The molecule has 0 aromatic heterocycles. The average Bonchev–Trinajstić information content (AvgIpc) is 2.53. The van der Waals surface area contributed by atoms with Crippen LogP contribution in [0.4, 0.5) is 9.18 Å². The van der Waals surface area contributed by atoms with Crippen LogP contribution < -0.4 is 10.1 Å². The van der Waals surface area contributed by atoms with Gasteiger partial charge in [-0.15, -0.1) is 0 Å². The number of hydrogen-bond acceptors (Lipinski definition) is 3. The van der Waals surface area contributed by atoms with Crippen LogP contribution in [0.2, 0.25) is 0 Å². The number of benzene rings is 1. The number of halogens is 1. The third-order valence-electron chi connectivity index (χ3n) is 3.69. The maximum absolute atomic E-state index is 11.9. The number of nitrogens with one attached hydrogen (secondary N) is 1. The minimum absolute atomic E-state index is 0.251. The molecule has 0 aliphatic rings. The zero-order chi connectivity index (χ0) is 17.1. The van der Waals surface area contributed by atoms with Crippen molar-refractivity contribution in [2.75, 3.05) is 19.9 Å². The highest BCUT2D eigenvalue weighted by atomic mass is 19.1. The Hall–Kier alpha value is -1.82. The van der Waals surface area contributed by atoms with Gasteiger partial charge in [-0.3, -0.25) is 4.39 Å². The maximum Gasteiger partial charge on any atom is 0.405 e. The Bertz CT molecular complexity index is 466. The van der Waals surface area contributed by atoms with Crippen molar-refractivity contribution in [1.82, 2.24) is 5.32 Å². The standard InChI is InChI=1S/C17H26FNO4/c1-17(13-20,19-16(21)22)10-9-14-5-7-15(8-6-14)23-12-4-2-3-11-18/h5-8,19-20H,2-4,9-13H2,1H3,(H,21,22). The normalized spacial score (nSPS) is 13.3. The van der Waals surface area contributed by atoms with E-state index in [9.17, 15) is 14.3 Å². The summed E-state index contributed by atoms with van der Waals surface area (Å²) in [4.78, 5) is 10.7. The Kier molecular flexibility index (Phi) is 8.40.